The average molecular weight is 173 g/mol. The molecule has 12 heavy (non-hydrogen) atoms. The first kappa shape index (κ1) is 9.64. The first-order valence-corrected chi connectivity index (χ1v) is 4.13. The Hall–Kier alpha value is -0.450. The van der Waals surface area contributed by atoms with Crippen molar-refractivity contribution in [2.45, 2.75) is 0 Å². The van der Waals surface area contributed by atoms with E-state index >= 15 is 0 Å². The number of hydrogen-bond donors (Lipinski definition) is 0. The highest BCUT2D eigenvalue weighted by molar-refractivity contribution is 5.81. The van der Waals surface area contributed by atoms with E-state index in [0.717, 1.165) is 26.3 Å². The van der Waals surface area contributed by atoms with Crippen molar-refractivity contribution in [3.8, 4) is 0 Å². The number of nitrogens with zero attached hydrogens (tertiary/aromatic N) is 1. The van der Waals surface area contributed by atoms with Gasteiger partial charge in [0.2, 0.25) is 0 Å². The molecule has 1 fully saturated rings. The summed E-state index contributed by atoms with van der Waals surface area (Å²) in [5.41, 5.74) is 0. The Morgan fingerprint density at radius 1 is 1.50 bits per heavy atom. The Balaban J connectivity index is 2.15. The number of carbonyl (C=O) groups excluding carboxylic acids is 1. The first-order chi connectivity index (χ1) is 5.83. The van der Waals surface area contributed by atoms with Gasteiger partial charge in [0.25, 0.3) is 0 Å². The van der Waals surface area contributed by atoms with Crippen LogP contribution in [0.1, 0.15) is 0 Å². The number of Topliss-reactive ketones (excluding diaryl/α,β-unsaturated/α-hetero) is 1. The normalized spacial score (nSPS) is 19.4. The minimum Gasteiger partial charge on any atom is -0.379 e. The zero-order chi connectivity index (χ0) is 8.81. The van der Waals surface area contributed by atoms with Crippen molar-refractivity contribution in [1.82, 2.24) is 4.90 Å². The highest BCUT2D eigenvalue weighted by Gasteiger charge is 2.13. The first-order valence-electron chi connectivity index (χ1n) is 4.13. The molecule has 0 aromatic heterocycles. The molecule has 0 unspecified atom stereocenters. The molecular weight excluding hydrogens is 158 g/mol. The Bertz CT molecular complexity index is 143. The third-order valence-corrected chi connectivity index (χ3v) is 1.81. The van der Waals surface area contributed by atoms with Gasteiger partial charge < -0.3 is 9.47 Å². The van der Waals surface area contributed by atoms with Crippen molar-refractivity contribution in [3.05, 3.63) is 0 Å². The van der Waals surface area contributed by atoms with Crippen molar-refractivity contribution in [2.24, 2.45) is 0 Å². The topological polar surface area (TPSA) is 38.8 Å². The van der Waals surface area contributed by atoms with E-state index in [4.69, 9.17) is 9.47 Å². The molecule has 70 valence electrons. The highest BCUT2D eigenvalue weighted by atomic mass is 16.5. The molecule has 0 aliphatic carbocycles. The third-order valence-electron chi connectivity index (χ3n) is 1.81. The van der Waals surface area contributed by atoms with Gasteiger partial charge in [0.15, 0.2) is 5.78 Å². The fraction of sp³-hybridized carbons (Fsp3) is 0.875. The van der Waals surface area contributed by atoms with Gasteiger partial charge in [-0.1, -0.05) is 0 Å². The summed E-state index contributed by atoms with van der Waals surface area (Å²) in [6.45, 7) is 3.90. The number of morpholine rings is 1. The maximum absolute atomic E-state index is 11.1. The van der Waals surface area contributed by atoms with Crippen molar-refractivity contribution in [3.63, 3.8) is 0 Å². The van der Waals surface area contributed by atoms with Crippen molar-refractivity contribution in [2.75, 3.05) is 46.6 Å². The van der Waals surface area contributed by atoms with Crippen LogP contribution >= 0.6 is 0 Å². The molecule has 0 amide bonds. The number of methoxy groups -OCH3 is 1. The number of carbonyl (C=O) groups is 1. The number of hydrogen-bond acceptors (Lipinski definition) is 4. The summed E-state index contributed by atoms with van der Waals surface area (Å²) in [5, 5.41) is 0. The summed E-state index contributed by atoms with van der Waals surface area (Å²) < 4.78 is 9.89. The third kappa shape index (κ3) is 3.30. The van der Waals surface area contributed by atoms with Gasteiger partial charge in [-0.05, 0) is 0 Å². The van der Waals surface area contributed by atoms with Crippen LogP contribution in [-0.4, -0.2) is 57.2 Å². The van der Waals surface area contributed by atoms with Gasteiger partial charge in [0.05, 0.1) is 19.8 Å². The van der Waals surface area contributed by atoms with Crippen LogP contribution < -0.4 is 0 Å². The molecule has 4 nitrogen and oxygen atoms in total. The molecule has 0 saturated carbocycles. The van der Waals surface area contributed by atoms with E-state index in [-0.39, 0.29) is 12.4 Å². The molecule has 1 heterocycles. The van der Waals surface area contributed by atoms with Crippen LogP contribution in [0.3, 0.4) is 0 Å². The van der Waals surface area contributed by atoms with Crippen LogP contribution in [0.15, 0.2) is 0 Å². The van der Waals surface area contributed by atoms with Gasteiger partial charge >= 0.3 is 0 Å². The Morgan fingerprint density at radius 2 is 2.17 bits per heavy atom. The SMILES string of the molecule is COCC(=O)CN1CCOCC1. The van der Waals surface area contributed by atoms with E-state index in [0.29, 0.717) is 6.54 Å². The van der Waals surface area contributed by atoms with Gasteiger partial charge in [-0.15, -0.1) is 0 Å². The zero-order valence-electron chi connectivity index (χ0n) is 7.41. The molecule has 0 N–H and O–H groups in total. The summed E-state index contributed by atoms with van der Waals surface area (Å²) >= 11 is 0. The van der Waals surface area contributed by atoms with Crippen LogP contribution in [0.2, 0.25) is 0 Å². The Kier molecular flexibility index (Phi) is 4.21. The molecule has 0 radical (unpaired) electrons. The summed E-state index contributed by atoms with van der Waals surface area (Å²) in [4.78, 5) is 13.2. The second-order valence-corrected chi connectivity index (χ2v) is 2.86. The maximum Gasteiger partial charge on any atom is 0.172 e. The van der Waals surface area contributed by atoms with Crippen molar-refractivity contribution >= 4 is 5.78 Å². The summed E-state index contributed by atoms with van der Waals surface area (Å²) in [7, 11) is 1.54. The highest BCUT2D eigenvalue weighted by Crippen LogP contribution is 1.95. The fourth-order valence-corrected chi connectivity index (χ4v) is 1.22. The fourth-order valence-electron chi connectivity index (χ4n) is 1.22. The molecular formula is C8H15NO3. The molecule has 0 spiro atoms. The predicted octanol–water partition coefficient (Wildman–Crippen LogP) is -0.466. The van der Waals surface area contributed by atoms with Crippen LogP contribution in [-0.2, 0) is 14.3 Å². The Labute approximate surface area is 72.4 Å². The summed E-state index contributed by atoms with van der Waals surface area (Å²) in [6, 6.07) is 0. The van der Waals surface area contributed by atoms with Crippen molar-refractivity contribution in [1.29, 1.82) is 0 Å². The lowest BCUT2D eigenvalue weighted by atomic mass is 10.3. The minimum atomic E-state index is 0.138. The van der Waals surface area contributed by atoms with Gasteiger partial charge in [0.1, 0.15) is 6.61 Å². The molecule has 0 aromatic rings. The molecule has 1 saturated heterocycles. The van der Waals surface area contributed by atoms with E-state index in [9.17, 15) is 4.79 Å². The zero-order valence-corrected chi connectivity index (χ0v) is 7.41. The van der Waals surface area contributed by atoms with Gasteiger partial charge in [0, 0.05) is 20.2 Å². The molecule has 1 aliphatic rings. The van der Waals surface area contributed by atoms with Crippen LogP contribution in [0, 0.1) is 0 Å². The smallest absolute Gasteiger partial charge is 0.172 e. The molecule has 0 atom stereocenters. The summed E-state index contributed by atoms with van der Waals surface area (Å²) in [6.07, 6.45) is 0. The van der Waals surface area contributed by atoms with E-state index < -0.39 is 0 Å². The van der Waals surface area contributed by atoms with Crippen molar-refractivity contribution < 1.29 is 14.3 Å². The van der Waals surface area contributed by atoms with Crippen LogP contribution in [0.5, 0.6) is 0 Å². The number of ketones is 1. The lowest BCUT2D eigenvalue weighted by molar-refractivity contribution is -0.124. The Morgan fingerprint density at radius 3 is 2.75 bits per heavy atom. The van der Waals surface area contributed by atoms with E-state index in [1.54, 1.807) is 0 Å². The molecule has 1 rings (SSSR count). The largest absolute Gasteiger partial charge is 0.379 e. The van der Waals surface area contributed by atoms with Crippen LogP contribution in [0.4, 0.5) is 0 Å². The second kappa shape index (κ2) is 5.24. The summed E-state index contributed by atoms with van der Waals surface area (Å²) in [5.74, 6) is 0.138. The molecule has 1 aliphatic heterocycles. The average Bonchev–Trinajstić information content (AvgIpc) is 2.06. The number of ether oxygens (including phenoxy) is 2. The van der Waals surface area contributed by atoms with E-state index in [1.165, 1.54) is 7.11 Å². The lowest BCUT2D eigenvalue weighted by Crippen LogP contribution is -2.40. The molecule has 0 aromatic carbocycles. The second-order valence-electron chi connectivity index (χ2n) is 2.86. The van der Waals surface area contributed by atoms with E-state index in [2.05, 4.69) is 4.90 Å². The standard InChI is InChI=1S/C8H15NO3/c1-11-7-8(10)6-9-2-4-12-5-3-9/h2-7H2,1H3. The minimum absolute atomic E-state index is 0.138. The van der Waals surface area contributed by atoms with E-state index in [1.807, 2.05) is 0 Å². The van der Waals surface area contributed by atoms with Gasteiger partial charge in [-0.25, -0.2) is 0 Å². The predicted molar refractivity (Wildman–Crippen MR) is 44.1 cm³/mol. The lowest BCUT2D eigenvalue weighted by Gasteiger charge is -2.25. The molecule has 4 heteroatoms. The monoisotopic (exact) mass is 173 g/mol. The molecule has 0 bridgehead atoms. The van der Waals surface area contributed by atoms with Crippen LogP contribution in [0.25, 0.3) is 0 Å². The van der Waals surface area contributed by atoms with Gasteiger partial charge in [-0.2, -0.15) is 0 Å². The maximum atomic E-state index is 11.1. The quantitative estimate of drug-likeness (QED) is 0.576. The van der Waals surface area contributed by atoms with Gasteiger partial charge in [-0.3, -0.25) is 9.69 Å². The number of rotatable bonds is 4.